The Labute approximate surface area is 196 Å². The van der Waals surface area contributed by atoms with E-state index in [1.54, 1.807) is 61.6 Å². The van der Waals surface area contributed by atoms with Gasteiger partial charge in [-0.1, -0.05) is 17.8 Å². The molecule has 3 rings (SSSR count). The Balaban J connectivity index is 1.61. The van der Waals surface area contributed by atoms with E-state index in [1.165, 1.54) is 0 Å². The van der Waals surface area contributed by atoms with E-state index in [4.69, 9.17) is 13.9 Å². The fraction of sp³-hybridized carbons (Fsp3) is 0.304. The van der Waals surface area contributed by atoms with Crippen LogP contribution in [0.2, 0.25) is 0 Å². The number of anilines is 1. The van der Waals surface area contributed by atoms with Crippen molar-refractivity contribution >= 4 is 29.3 Å². The number of thioether (sulfide) groups is 1. The van der Waals surface area contributed by atoms with E-state index >= 15 is 0 Å². The number of nitrogens with zero attached hydrogens (tertiary/aromatic N) is 3. The van der Waals surface area contributed by atoms with Crippen LogP contribution in [0.1, 0.15) is 24.2 Å². The van der Waals surface area contributed by atoms with E-state index in [2.05, 4.69) is 15.5 Å². The lowest BCUT2D eigenvalue weighted by molar-refractivity contribution is -0.113. The molecule has 33 heavy (non-hydrogen) atoms. The standard InChI is InChI=1S/C23H26N4O5S/c1-5-27(6-2)22(29)15-8-7-9-16(12-15)24-20(28)14-33-23-26-25-21(32-23)18-11-10-17(30-3)13-19(18)31-4/h7-13H,5-6,14H2,1-4H3,(H,24,28). The maximum atomic E-state index is 12.5. The molecule has 0 atom stereocenters. The molecule has 1 N–H and O–H groups in total. The molecule has 1 heterocycles. The van der Waals surface area contributed by atoms with Gasteiger partial charge in [0.1, 0.15) is 11.5 Å². The highest BCUT2D eigenvalue weighted by molar-refractivity contribution is 7.99. The van der Waals surface area contributed by atoms with Gasteiger partial charge in [-0.25, -0.2) is 0 Å². The number of carbonyl (C=O) groups is 2. The zero-order valence-electron chi connectivity index (χ0n) is 19.0. The van der Waals surface area contributed by atoms with Crippen molar-refractivity contribution in [3.05, 3.63) is 48.0 Å². The molecule has 0 unspecified atom stereocenters. The Morgan fingerprint density at radius 1 is 1.06 bits per heavy atom. The summed E-state index contributed by atoms with van der Waals surface area (Å²) in [5.41, 5.74) is 1.70. The van der Waals surface area contributed by atoms with Crippen molar-refractivity contribution < 1.29 is 23.5 Å². The van der Waals surface area contributed by atoms with Crippen molar-refractivity contribution in [2.24, 2.45) is 0 Å². The highest BCUT2D eigenvalue weighted by Gasteiger charge is 2.17. The Bertz CT molecular complexity index is 1110. The van der Waals surface area contributed by atoms with Gasteiger partial charge in [-0.3, -0.25) is 9.59 Å². The molecule has 0 aliphatic heterocycles. The van der Waals surface area contributed by atoms with Gasteiger partial charge in [0.15, 0.2) is 0 Å². The summed E-state index contributed by atoms with van der Waals surface area (Å²) in [6, 6.07) is 12.1. The van der Waals surface area contributed by atoms with Crippen LogP contribution in [0.25, 0.3) is 11.5 Å². The summed E-state index contributed by atoms with van der Waals surface area (Å²) in [7, 11) is 3.11. The summed E-state index contributed by atoms with van der Waals surface area (Å²) >= 11 is 1.11. The van der Waals surface area contributed by atoms with E-state index in [0.717, 1.165) is 11.8 Å². The number of ether oxygens (including phenoxy) is 2. The number of aromatic nitrogens is 2. The van der Waals surface area contributed by atoms with Crippen LogP contribution < -0.4 is 14.8 Å². The summed E-state index contributed by atoms with van der Waals surface area (Å²) in [6.45, 7) is 5.10. The number of methoxy groups -OCH3 is 2. The minimum atomic E-state index is -0.255. The summed E-state index contributed by atoms with van der Waals surface area (Å²) in [6.07, 6.45) is 0. The van der Waals surface area contributed by atoms with Crippen molar-refractivity contribution in [2.45, 2.75) is 19.1 Å². The second-order valence-electron chi connectivity index (χ2n) is 6.83. The molecule has 10 heteroatoms. The average molecular weight is 471 g/mol. The van der Waals surface area contributed by atoms with Crippen LogP contribution in [-0.2, 0) is 4.79 Å². The first-order valence-corrected chi connectivity index (χ1v) is 11.4. The first-order chi connectivity index (χ1) is 16.0. The van der Waals surface area contributed by atoms with Gasteiger partial charge in [0.2, 0.25) is 5.91 Å². The van der Waals surface area contributed by atoms with Gasteiger partial charge in [0, 0.05) is 30.4 Å². The van der Waals surface area contributed by atoms with Crippen molar-refractivity contribution in [3.63, 3.8) is 0 Å². The van der Waals surface area contributed by atoms with Gasteiger partial charge < -0.3 is 24.1 Å². The molecule has 0 aliphatic carbocycles. The monoisotopic (exact) mass is 470 g/mol. The van der Waals surface area contributed by atoms with Gasteiger partial charge in [-0.15, -0.1) is 10.2 Å². The van der Waals surface area contributed by atoms with Crippen LogP contribution in [-0.4, -0.2) is 60.0 Å². The topological polar surface area (TPSA) is 107 Å². The molecule has 0 radical (unpaired) electrons. The van der Waals surface area contributed by atoms with Crippen LogP contribution in [0.5, 0.6) is 11.5 Å². The van der Waals surface area contributed by atoms with Crippen molar-refractivity contribution in [3.8, 4) is 23.0 Å². The predicted octanol–water partition coefficient (Wildman–Crippen LogP) is 3.97. The maximum Gasteiger partial charge on any atom is 0.277 e. The highest BCUT2D eigenvalue weighted by Crippen LogP contribution is 2.33. The van der Waals surface area contributed by atoms with E-state index < -0.39 is 0 Å². The zero-order chi connectivity index (χ0) is 23.8. The molecule has 9 nitrogen and oxygen atoms in total. The van der Waals surface area contributed by atoms with Gasteiger partial charge in [0.05, 0.1) is 25.5 Å². The van der Waals surface area contributed by atoms with Crippen LogP contribution in [0, 0.1) is 0 Å². The van der Waals surface area contributed by atoms with Crippen molar-refractivity contribution in [2.75, 3.05) is 38.4 Å². The summed E-state index contributed by atoms with van der Waals surface area (Å²) in [5.74, 6) is 1.19. The Morgan fingerprint density at radius 3 is 2.55 bits per heavy atom. The Kier molecular flexibility index (Phi) is 8.31. The number of nitrogens with one attached hydrogen (secondary N) is 1. The van der Waals surface area contributed by atoms with Crippen molar-refractivity contribution in [1.29, 1.82) is 0 Å². The SMILES string of the molecule is CCN(CC)C(=O)c1cccc(NC(=O)CSc2nnc(-c3ccc(OC)cc3OC)o2)c1. The third-order valence-corrected chi connectivity index (χ3v) is 5.63. The predicted molar refractivity (Wildman–Crippen MR) is 126 cm³/mol. The van der Waals surface area contributed by atoms with E-state index in [1.807, 2.05) is 13.8 Å². The van der Waals surface area contributed by atoms with Gasteiger partial charge >= 0.3 is 0 Å². The Hall–Kier alpha value is -3.53. The summed E-state index contributed by atoms with van der Waals surface area (Å²) in [5, 5.41) is 11.1. The lowest BCUT2D eigenvalue weighted by Gasteiger charge is -2.19. The molecule has 2 amide bonds. The fourth-order valence-corrected chi connectivity index (χ4v) is 3.66. The van der Waals surface area contributed by atoms with Crippen LogP contribution >= 0.6 is 11.8 Å². The molecule has 1 aromatic heterocycles. The lowest BCUT2D eigenvalue weighted by Crippen LogP contribution is -2.30. The summed E-state index contributed by atoms with van der Waals surface area (Å²) in [4.78, 5) is 26.7. The first kappa shape index (κ1) is 24.1. The molecule has 0 bridgehead atoms. The number of carbonyl (C=O) groups excluding carboxylic acids is 2. The summed E-state index contributed by atoms with van der Waals surface area (Å²) < 4.78 is 16.2. The molecule has 0 spiro atoms. The second kappa shape index (κ2) is 11.4. The average Bonchev–Trinajstić information content (AvgIpc) is 3.32. The fourth-order valence-electron chi connectivity index (χ4n) is 3.10. The van der Waals surface area contributed by atoms with Crippen LogP contribution in [0.15, 0.2) is 52.1 Å². The van der Waals surface area contributed by atoms with Gasteiger partial charge in [-0.2, -0.15) is 0 Å². The van der Waals surface area contributed by atoms with Crippen LogP contribution in [0.4, 0.5) is 5.69 Å². The number of amides is 2. The van der Waals surface area contributed by atoms with Gasteiger partial charge in [-0.05, 0) is 44.2 Å². The number of hydrogen-bond acceptors (Lipinski definition) is 8. The maximum absolute atomic E-state index is 12.5. The van der Waals surface area contributed by atoms with E-state index in [-0.39, 0.29) is 28.7 Å². The molecular weight excluding hydrogens is 444 g/mol. The number of benzene rings is 2. The quantitative estimate of drug-likeness (QED) is 0.444. The third-order valence-electron chi connectivity index (χ3n) is 4.82. The molecule has 0 fully saturated rings. The molecular formula is C23H26N4O5S. The van der Waals surface area contributed by atoms with Crippen molar-refractivity contribution in [1.82, 2.24) is 15.1 Å². The zero-order valence-corrected chi connectivity index (χ0v) is 19.8. The molecule has 174 valence electrons. The minimum absolute atomic E-state index is 0.0651. The van der Waals surface area contributed by atoms with E-state index in [0.29, 0.717) is 41.4 Å². The number of hydrogen-bond donors (Lipinski definition) is 1. The third kappa shape index (κ3) is 6.04. The molecule has 2 aromatic carbocycles. The normalized spacial score (nSPS) is 10.5. The molecule has 0 saturated carbocycles. The molecule has 0 saturated heterocycles. The molecule has 0 aliphatic rings. The Morgan fingerprint density at radius 2 is 1.85 bits per heavy atom. The van der Waals surface area contributed by atoms with Crippen LogP contribution in [0.3, 0.4) is 0 Å². The lowest BCUT2D eigenvalue weighted by atomic mass is 10.1. The first-order valence-electron chi connectivity index (χ1n) is 10.4. The minimum Gasteiger partial charge on any atom is -0.497 e. The van der Waals surface area contributed by atoms with E-state index in [9.17, 15) is 9.59 Å². The smallest absolute Gasteiger partial charge is 0.277 e. The molecule has 3 aromatic rings. The second-order valence-corrected chi connectivity index (χ2v) is 7.76. The largest absolute Gasteiger partial charge is 0.497 e. The number of rotatable bonds is 10. The highest BCUT2D eigenvalue weighted by atomic mass is 32.2. The van der Waals surface area contributed by atoms with Gasteiger partial charge in [0.25, 0.3) is 17.0 Å².